The number of hydrogen-bond acceptors (Lipinski definition) is 5. The highest BCUT2D eigenvalue weighted by molar-refractivity contribution is 7.98. The van der Waals surface area contributed by atoms with Crippen molar-refractivity contribution in [2.24, 2.45) is 0 Å². The maximum atomic E-state index is 12.6. The summed E-state index contributed by atoms with van der Waals surface area (Å²) in [7, 11) is 1.81. The SMILES string of the molecule is CCC(CSC)N(C)C(=O)c1nc(C(C)C)ncc1N. The van der Waals surface area contributed by atoms with E-state index in [1.807, 2.05) is 27.2 Å². The van der Waals surface area contributed by atoms with Crippen molar-refractivity contribution in [3.63, 3.8) is 0 Å². The molecule has 0 bridgehead atoms. The van der Waals surface area contributed by atoms with Crippen molar-refractivity contribution in [1.29, 1.82) is 0 Å². The second-order valence-corrected chi connectivity index (χ2v) is 6.03. The first-order valence-corrected chi connectivity index (χ1v) is 8.20. The van der Waals surface area contributed by atoms with Crippen LogP contribution in [0.1, 0.15) is 49.4 Å². The fourth-order valence-corrected chi connectivity index (χ4v) is 2.73. The van der Waals surface area contributed by atoms with Gasteiger partial charge in [0.05, 0.1) is 11.9 Å². The van der Waals surface area contributed by atoms with Crippen LogP contribution in [0.25, 0.3) is 0 Å². The van der Waals surface area contributed by atoms with Gasteiger partial charge in [0.2, 0.25) is 0 Å². The molecule has 112 valence electrons. The number of thioether (sulfide) groups is 1. The molecular formula is C14H24N4OS. The standard InChI is InChI=1S/C14H24N4OS/c1-6-10(8-20-5)18(4)14(19)12-11(15)7-16-13(17-12)9(2)3/h7,9-10H,6,8,15H2,1-5H3. The van der Waals surface area contributed by atoms with Crippen LogP contribution in [0, 0.1) is 0 Å². The molecule has 0 aromatic carbocycles. The first-order chi connectivity index (χ1) is 9.42. The van der Waals surface area contributed by atoms with E-state index in [1.165, 1.54) is 6.20 Å². The zero-order chi connectivity index (χ0) is 15.3. The van der Waals surface area contributed by atoms with E-state index in [9.17, 15) is 4.79 Å². The molecule has 1 aromatic rings. The third-order valence-corrected chi connectivity index (χ3v) is 3.97. The summed E-state index contributed by atoms with van der Waals surface area (Å²) in [5.74, 6) is 1.59. The molecule has 0 aliphatic heterocycles. The van der Waals surface area contributed by atoms with Gasteiger partial charge >= 0.3 is 0 Å². The Labute approximate surface area is 125 Å². The van der Waals surface area contributed by atoms with Crippen LogP contribution >= 0.6 is 11.8 Å². The zero-order valence-electron chi connectivity index (χ0n) is 12.9. The Kier molecular flexibility index (Phi) is 6.26. The van der Waals surface area contributed by atoms with E-state index in [1.54, 1.807) is 16.7 Å². The molecule has 20 heavy (non-hydrogen) atoms. The predicted octanol–water partition coefficient (Wildman–Crippen LogP) is 2.40. The van der Waals surface area contributed by atoms with Crippen LogP contribution in [0.4, 0.5) is 5.69 Å². The molecular weight excluding hydrogens is 272 g/mol. The van der Waals surface area contributed by atoms with Crippen molar-refractivity contribution in [3.05, 3.63) is 17.7 Å². The topological polar surface area (TPSA) is 72.1 Å². The van der Waals surface area contributed by atoms with E-state index in [0.29, 0.717) is 17.2 Å². The molecule has 1 atom stereocenters. The molecule has 5 nitrogen and oxygen atoms in total. The molecule has 0 fully saturated rings. The van der Waals surface area contributed by atoms with Gasteiger partial charge in [0.15, 0.2) is 5.69 Å². The number of amides is 1. The number of hydrogen-bond donors (Lipinski definition) is 1. The molecule has 1 unspecified atom stereocenters. The number of aromatic nitrogens is 2. The first kappa shape index (κ1) is 16.8. The van der Waals surface area contributed by atoms with Crippen molar-refractivity contribution in [3.8, 4) is 0 Å². The first-order valence-electron chi connectivity index (χ1n) is 6.80. The minimum atomic E-state index is -0.132. The summed E-state index contributed by atoms with van der Waals surface area (Å²) in [6.07, 6.45) is 4.47. The van der Waals surface area contributed by atoms with E-state index in [2.05, 4.69) is 16.9 Å². The molecule has 0 aliphatic carbocycles. The van der Waals surface area contributed by atoms with Gasteiger partial charge in [-0.1, -0.05) is 20.8 Å². The highest BCUT2D eigenvalue weighted by atomic mass is 32.2. The lowest BCUT2D eigenvalue weighted by atomic mass is 10.2. The zero-order valence-corrected chi connectivity index (χ0v) is 13.7. The second-order valence-electron chi connectivity index (χ2n) is 5.12. The highest BCUT2D eigenvalue weighted by Crippen LogP contribution is 2.17. The average molecular weight is 296 g/mol. The van der Waals surface area contributed by atoms with Crippen molar-refractivity contribution in [2.45, 2.75) is 39.2 Å². The molecule has 1 heterocycles. The largest absolute Gasteiger partial charge is 0.396 e. The minimum absolute atomic E-state index is 0.132. The van der Waals surface area contributed by atoms with E-state index < -0.39 is 0 Å². The van der Waals surface area contributed by atoms with Crippen molar-refractivity contribution in [1.82, 2.24) is 14.9 Å². The maximum Gasteiger partial charge on any atom is 0.274 e. The van der Waals surface area contributed by atoms with E-state index in [4.69, 9.17) is 5.73 Å². The lowest BCUT2D eigenvalue weighted by Crippen LogP contribution is -2.39. The molecule has 0 aliphatic rings. The number of anilines is 1. The van der Waals surface area contributed by atoms with Crippen LogP contribution in [0.2, 0.25) is 0 Å². The van der Waals surface area contributed by atoms with Crippen LogP contribution in [-0.4, -0.2) is 45.9 Å². The Hall–Kier alpha value is -1.30. The van der Waals surface area contributed by atoms with Gasteiger partial charge in [-0.2, -0.15) is 11.8 Å². The van der Waals surface area contributed by atoms with Crippen LogP contribution < -0.4 is 5.73 Å². The molecule has 0 saturated carbocycles. The van der Waals surface area contributed by atoms with Crippen LogP contribution in [-0.2, 0) is 0 Å². The van der Waals surface area contributed by atoms with Crippen LogP contribution in [0.5, 0.6) is 0 Å². The molecule has 1 amide bonds. The monoisotopic (exact) mass is 296 g/mol. The van der Waals surface area contributed by atoms with E-state index in [0.717, 1.165) is 12.2 Å². The van der Waals surface area contributed by atoms with Crippen molar-refractivity contribution < 1.29 is 4.79 Å². The number of nitrogens with zero attached hydrogens (tertiary/aromatic N) is 3. The number of rotatable bonds is 6. The second kappa shape index (κ2) is 7.47. The Bertz CT molecular complexity index is 464. The Balaban J connectivity index is 3.04. The molecule has 1 aromatic heterocycles. The fraction of sp³-hybridized carbons (Fsp3) is 0.643. The number of carbonyl (C=O) groups is 1. The van der Waals surface area contributed by atoms with Gasteiger partial charge in [0.1, 0.15) is 5.82 Å². The quantitative estimate of drug-likeness (QED) is 0.872. The van der Waals surface area contributed by atoms with E-state index >= 15 is 0 Å². The Morgan fingerprint density at radius 2 is 2.15 bits per heavy atom. The molecule has 0 spiro atoms. The third-order valence-electron chi connectivity index (χ3n) is 3.25. The summed E-state index contributed by atoms with van der Waals surface area (Å²) >= 11 is 1.73. The number of carbonyl (C=O) groups excluding carboxylic acids is 1. The predicted molar refractivity (Wildman–Crippen MR) is 85.1 cm³/mol. The van der Waals surface area contributed by atoms with Gasteiger partial charge in [0.25, 0.3) is 5.91 Å². The summed E-state index contributed by atoms with van der Waals surface area (Å²) in [5.41, 5.74) is 6.52. The van der Waals surface area contributed by atoms with E-state index in [-0.39, 0.29) is 17.9 Å². The molecule has 2 N–H and O–H groups in total. The lowest BCUT2D eigenvalue weighted by Gasteiger charge is -2.27. The summed E-state index contributed by atoms with van der Waals surface area (Å²) in [6.45, 7) is 6.06. The van der Waals surface area contributed by atoms with Gasteiger partial charge in [-0.15, -0.1) is 0 Å². The maximum absolute atomic E-state index is 12.6. The van der Waals surface area contributed by atoms with Gasteiger partial charge < -0.3 is 10.6 Å². The normalized spacial score (nSPS) is 12.5. The van der Waals surface area contributed by atoms with Crippen LogP contribution in [0.15, 0.2) is 6.20 Å². The lowest BCUT2D eigenvalue weighted by molar-refractivity contribution is 0.0738. The van der Waals surface area contributed by atoms with Gasteiger partial charge in [-0.3, -0.25) is 4.79 Å². The van der Waals surface area contributed by atoms with Crippen LogP contribution in [0.3, 0.4) is 0 Å². The summed E-state index contributed by atoms with van der Waals surface area (Å²) in [6, 6.07) is 0.189. The molecule has 1 rings (SSSR count). The highest BCUT2D eigenvalue weighted by Gasteiger charge is 2.23. The summed E-state index contributed by atoms with van der Waals surface area (Å²) < 4.78 is 0. The third kappa shape index (κ3) is 3.85. The summed E-state index contributed by atoms with van der Waals surface area (Å²) in [5, 5.41) is 0. The molecule has 6 heteroatoms. The van der Waals surface area contributed by atoms with Crippen molar-refractivity contribution in [2.75, 3.05) is 24.8 Å². The minimum Gasteiger partial charge on any atom is -0.396 e. The van der Waals surface area contributed by atoms with Gasteiger partial charge in [-0.25, -0.2) is 9.97 Å². The summed E-state index contributed by atoms with van der Waals surface area (Å²) in [4.78, 5) is 22.8. The fourth-order valence-electron chi connectivity index (χ4n) is 1.88. The number of nitrogens with two attached hydrogens (primary N) is 1. The molecule has 0 radical (unpaired) electrons. The smallest absolute Gasteiger partial charge is 0.274 e. The molecule has 0 saturated heterocycles. The Morgan fingerprint density at radius 1 is 1.50 bits per heavy atom. The van der Waals surface area contributed by atoms with Gasteiger partial charge in [-0.05, 0) is 12.7 Å². The average Bonchev–Trinajstić information content (AvgIpc) is 2.43. The Morgan fingerprint density at radius 3 is 2.65 bits per heavy atom. The number of nitrogen functional groups attached to an aromatic ring is 1. The van der Waals surface area contributed by atoms with Gasteiger partial charge in [0, 0.05) is 24.8 Å². The van der Waals surface area contributed by atoms with Crippen molar-refractivity contribution >= 4 is 23.4 Å².